The van der Waals surface area contributed by atoms with Gasteiger partial charge in [0.2, 0.25) is 5.91 Å². The van der Waals surface area contributed by atoms with Gasteiger partial charge in [-0.2, -0.15) is 0 Å². The predicted molar refractivity (Wildman–Crippen MR) is 119 cm³/mol. The Morgan fingerprint density at radius 1 is 0.966 bits per heavy atom. The van der Waals surface area contributed by atoms with E-state index in [0.717, 1.165) is 40.7 Å². The Balaban J connectivity index is 1.40. The topological polar surface area (TPSA) is 23.6 Å². The van der Waals surface area contributed by atoms with E-state index in [9.17, 15) is 4.79 Å². The summed E-state index contributed by atoms with van der Waals surface area (Å²) in [6, 6.07) is 24.5. The van der Waals surface area contributed by atoms with E-state index in [1.165, 1.54) is 5.56 Å². The summed E-state index contributed by atoms with van der Waals surface area (Å²) >= 11 is 7.96. The molecule has 5 heteroatoms. The molecule has 1 atom stereocenters. The van der Waals surface area contributed by atoms with Crippen molar-refractivity contribution < 1.29 is 4.79 Å². The molecule has 3 aromatic carbocycles. The highest BCUT2D eigenvalue weighted by Crippen LogP contribution is 2.48. The van der Waals surface area contributed by atoms with Crippen molar-refractivity contribution in [1.29, 1.82) is 0 Å². The summed E-state index contributed by atoms with van der Waals surface area (Å²) in [6.45, 7) is 2.27. The highest BCUT2D eigenvalue weighted by Gasteiger charge is 2.31. The van der Waals surface area contributed by atoms with E-state index in [4.69, 9.17) is 11.6 Å². The van der Waals surface area contributed by atoms with Crippen molar-refractivity contribution in [3.63, 3.8) is 0 Å². The van der Waals surface area contributed by atoms with E-state index >= 15 is 0 Å². The largest absolute Gasteiger partial charge is 0.294 e. The van der Waals surface area contributed by atoms with Gasteiger partial charge < -0.3 is 0 Å². The summed E-state index contributed by atoms with van der Waals surface area (Å²) in [5, 5.41) is 0.645. The Labute approximate surface area is 180 Å². The zero-order valence-electron chi connectivity index (χ0n) is 15.9. The van der Waals surface area contributed by atoms with Gasteiger partial charge in [0.05, 0.1) is 17.9 Å². The first-order valence-electron chi connectivity index (χ1n) is 9.86. The summed E-state index contributed by atoms with van der Waals surface area (Å²) in [6.07, 6.45) is 1.09. The number of anilines is 2. The molecule has 0 radical (unpaired) electrons. The minimum Gasteiger partial charge on any atom is -0.294 e. The van der Waals surface area contributed by atoms with Gasteiger partial charge in [-0.1, -0.05) is 65.8 Å². The Bertz CT molecular complexity index is 1060. The van der Waals surface area contributed by atoms with Crippen LogP contribution in [0.4, 0.5) is 11.4 Å². The predicted octanol–water partition coefficient (Wildman–Crippen LogP) is 5.96. The molecule has 0 unspecified atom stereocenters. The molecular formula is C24H21ClN2OS. The van der Waals surface area contributed by atoms with Crippen LogP contribution in [0.1, 0.15) is 17.9 Å². The third-order valence-electron chi connectivity index (χ3n) is 5.64. The molecule has 146 valence electrons. The fraction of sp³-hybridized carbons (Fsp3) is 0.208. The molecule has 1 saturated heterocycles. The molecule has 0 N–H and O–H groups in total. The SMILES string of the molecule is O=C(CN1CC[C@H](c2ccccc2)C1)N1c2ccccc2Sc2ccc(Cl)cc21. The van der Waals surface area contributed by atoms with Crippen LogP contribution < -0.4 is 4.90 Å². The molecule has 3 nitrogen and oxygen atoms in total. The molecule has 0 spiro atoms. The van der Waals surface area contributed by atoms with Gasteiger partial charge in [0.15, 0.2) is 0 Å². The molecule has 0 aliphatic carbocycles. The van der Waals surface area contributed by atoms with Crippen LogP contribution in [0.5, 0.6) is 0 Å². The lowest BCUT2D eigenvalue weighted by atomic mass is 9.99. The quantitative estimate of drug-likeness (QED) is 0.522. The maximum Gasteiger partial charge on any atom is 0.245 e. The lowest BCUT2D eigenvalue weighted by Gasteiger charge is -2.32. The van der Waals surface area contributed by atoms with Crippen LogP contribution in [0, 0.1) is 0 Å². The van der Waals surface area contributed by atoms with Crippen LogP contribution in [-0.2, 0) is 4.79 Å². The Morgan fingerprint density at radius 3 is 2.59 bits per heavy atom. The smallest absolute Gasteiger partial charge is 0.245 e. The van der Waals surface area contributed by atoms with E-state index in [1.54, 1.807) is 11.8 Å². The molecular weight excluding hydrogens is 400 g/mol. The molecule has 29 heavy (non-hydrogen) atoms. The molecule has 1 fully saturated rings. The molecule has 0 saturated carbocycles. The Morgan fingerprint density at radius 2 is 1.72 bits per heavy atom. The molecule has 3 aromatic rings. The number of hydrogen-bond acceptors (Lipinski definition) is 3. The van der Waals surface area contributed by atoms with Gasteiger partial charge in [-0.25, -0.2) is 0 Å². The maximum atomic E-state index is 13.5. The second-order valence-corrected chi connectivity index (χ2v) is 9.06. The molecule has 1 amide bonds. The molecule has 2 heterocycles. The minimum absolute atomic E-state index is 0.0926. The van der Waals surface area contributed by atoms with Gasteiger partial charge in [0.1, 0.15) is 0 Å². The number of likely N-dealkylation sites (tertiary alicyclic amines) is 1. The second-order valence-electron chi connectivity index (χ2n) is 7.54. The lowest BCUT2D eigenvalue weighted by Crippen LogP contribution is -2.38. The standard InChI is InChI=1S/C24H21ClN2OS/c25-19-10-11-23-21(14-19)27(20-8-4-5-9-22(20)29-23)24(28)16-26-13-12-18(15-26)17-6-2-1-3-7-17/h1-11,14,18H,12-13,15-16H2/t18-/m0/s1. The van der Waals surface area contributed by atoms with E-state index in [1.807, 2.05) is 47.4 Å². The minimum atomic E-state index is 0.0926. The normalized spacial score (nSPS) is 18.4. The van der Waals surface area contributed by atoms with Crippen molar-refractivity contribution in [1.82, 2.24) is 4.90 Å². The van der Waals surface area contributed by atoms with E-state index in [0.29, 0.717) is 17.5 Å². The number of carbonyl (C=O) groups is 1. The second kappa shape index (κ2) is 7.86. The Hall–Kier alpha value is -2.27. The number of halogens is 1. The van der Waals surface area contributed by atoms with Gasteiger partial charge in [-0.15, -0.1) is 0 Å². The van der Waals surface area contributed by atoms with Crippen molar-refractivity contribution in [2.75, 3.05) is 24.5 Å². The average molecular weight is 421 g/mol. The number of hydrogen-bond donors (Lipinski definition) is 0. The number of benzene rings is 3. The first kappa shape index (κ1) is 18.7. The number of amides is 1. The number of rotatable bonds is 3. The molecule has 5 rings (SSSR count). The third-order valence-corrected chi connectivity index (χ3v) is 7.00. The average Bonchev–Trinajstić information content (AvgIpc) is 3.21. The van der Waals surface area contributed by atoms with Gasteiger partial charge in [-0.05, 0) is 54.8 Å². The number of nitrogens with zero attached hydrogens (tertiary/aromatic N) is 2. The number of fused-ring (bicyclic) bond motifs is 2. The number of carbonyl (C=O) groups excluding carboxylic acids is 1. The maximum absolute atomic E-state index is 13.5. The summed E-state index contributed by atoms with van der Waals surface area (Å²) < 4.78 is 0. The highest BCUT2D eigenvalue weighted by molar-refractivity contribution is 7.99. The van der Waals surface area contributed by atoms with Crippen LogP contribution in [-0.4, -0.2) is 30.4 Å². The zero-order chi connectivity index (χ0) is 19.8. The van der Waals surface area contributed by atoms with Gasteiger partial charge in [0, 0.05) is 21.4 Å². The Kier molecular flexibility index (Phi) is 5.08. The first-order valence-corrected chi connectivity index (χ1v) is 11.1. The monoisotopic (exact) mass is 420 g/mol. The van der Waals surface area contributed by atoms with Crippen LogP contribution in [0.3, 0.4) is 0 Å². The first-order chi connectivity index (χ1) is 14.2. The van der Waals surface area contributed by atoms with Crippen molar-refractivity contribution in [2.24, 2.45) is 0 Å². The molecule has 2 aliphatic rings. The van der Waals surface area contributed by atoms with E-state index < -0.39 is 0 Å². The summed E-state index contributed by atoms with van der Waals surface area (Å²) in [4.78, 5) is 19.7. The fourth-order valence-corrected chi connectivity index (χ4v) is 5.44. The summed E-state index contributed by atoms with van der Waals surface area (Å²) in [5.74, 6) is 0.588. The van der Waals surface area contributed by atoms with Crippen molar-refractivity contribution >= 4 is 40.6 Å². The van der Waals surface area contributed by atoms with Crippen LogP contribution in [0.15, 0.2) is 82.6 Å². The highest BCUT2D eigenvalue weighted by atomic mass is 35.5. The molecule has 0 bridgehead atoms. The van der Waals surface area contributed by atoms with Crippen LogP contribution >= 0.6 is 23.4 Å². The number of para-hydroxylation sites is 1. The van der Waals surface area contributed by atoms with Crippen LogP contribution in [0.2, 0.25) is 5.02 Å². The van der Waals surface area contributed by atoms with Crippen molar-refractivity contribution in [3.8, 4) is 0 Å². The van der Waals surface area contributed by atoms with E-state index in [-0.39, 0.29) is 5.91 Å². The summed E-state index contributed by atoms with van der Waals surface area (Å²) in [7, 11) is 0. The van der Waals surface area contributed by atoms with Crippen molar-refractivity contribution in [3.05, 3.63) is 83.4 Å². The van der Waals surface area contributed by atoms with Crippen molar-refractivity contribution in [2.45, 2.75) is 22.1 Å². The lowest BCUT2D eigenvalue weighted by molar-refractivity contribution is -0.118. The fourth-order valence-electron chi connectivity index (χ4n) is 4.23. The third kappa shape index (κ3) is 3.68. The summed E-state index contributed by atoms with van der Waals surface area (Å²) in [5.41, 5.74) is 3.18. The van der Waals surface area contributed by atoms with Crippen LogP contribution in [0.25, 0.3) is 0 Å². The van der Waals surface area contributed by atoms with Gasteiger partial charge in [-0.3, -0.25) is 14.6 Å². The molecule has 0 aromatic heterocycles. The molecule has 2 aliphatic heterocycles. The zero-order valence-corrected chi connectivity index (χ0v) is 17.5. The van der Waals surface area contributed by atoms with Gasteiger partial charge in [0.25, 0.3) is 0 Å². The van der Waals surface area contributed by atoms with E-state index in [2.05, 4.69) is 35.2 Å². The van der Waals surface area contributed by atoms with Gasteiger partial charge >= 0.3 is 0 Å².